The Morgan fingerprint density at radius 2 is 2.17 bits per heavy atom. The van der Waals surface area contributed by atoms with Gasteiger partial charge in [0.15, 0.2) is 5.60 Å². The molecule has 1 atom stereocenters. The largest absolute Gasteiger partial charge is 0.488 e. The molecule has 4 rings (SSSR count). The van der Waals surface area contributed by atoms with E-state index in [-0.39, 0.29) is 18.6 Å². The smallest absolute Gasteiger partial charge is 0.410 e. The van der Waals surface area contributed by atoms with Gasteiger partial charge >= 0.3 is 6.09 Å². The number of likely N-dealkylation sites (N-methyl/N-ethyl adjacent to an activating group) is 1. The Labute approximate surface area is 144 Å². The summed E-state index contributed by atoms with van der Waals surface area (Å²) in [6.45, 7) is 1.74. The van der Waals surface area contributed by atoms with Crippen LogP contribution >= 0.6 is 11.6 Å². The lowest BCUT2D eigenvalue weighted by Gasteiger charge is -2.24. The Kier molecular flexibility index (Phi) is 3.46. The molecule has 0 radical (unpaired) electrons. The van der Waals surface area contributed by atoms with Gasteiger partial charge in [0.05, 0.1) is 18.7 Å². The molecule has 0 bridgehead atoms. The molecule has 0 N–H and O–H groups in total. The van der Waals surface area contributed by atoms with Gasteiger partial charge in [0, 0.05) is 30.6 Å². The number of fused-ring (bicyclic) bond motifs is 1. The van der Waals surface area contributed by atoms with Crippen LogP contribution in [0.15, 0.2) is 23.8 Å². The van der Waals surface area contributed by atoms with Crippen molar-refractivity contribution in [3.63, 3.8) is 0 Å². The van der Waals surface area contributed by atoms with Gasteiger partial charge in [-0.3, -0.25) is 4.79 Å². The van der Waals surface area contributed by atoms with Crippen LogP contribution in [0.1, 0.15) is 12.0 Å². The molecule has 0 aromatic heterocycles. The van der Waals surface area contributed by atoms with E-state index in [0.29, 0.717) is 36.7 Å². The van der Waals surface area contributed by atoms with Gasteiger partial charge in [-0.05, 0) is 24.3 Å². The van der Waals surface area contributed by atoms with E-state index in [0.717, 1.165) is 11.3 Å². The van der Waals surface area contributed by atoms with Crippen molar-refractivity contribution in [3.8, 4) is 5.75 Å². The van der Waals surface area contributed by atoms with Crippen LogP contribution in [-0.4, -0.2) is 60.7 Å². The highest BCUT2D eigenvalue weighted by molar-refractivity contribution is 6.30. The monoisotopic (exact) mass is 348 g/mol. The fourth-order valence-electron chi connectivity index (χ4n) is 3.50. The number of halogens is 1. The number of nitrogens with zero attached hydrogens (tertiary/aromatic N) is 2. The van der Waals surface area contributed by atoms with Crippen molar-refractivity contribution >= 4 is 29.7 Å². The van der Waals surface area contributed by atoms with E-state index < -0.39 is 5.60 Å². The van der Waals surface area contributed by atoms with Crippen molar-refractivity contribution in [2.24, 2.45) is 0 Å². The number of carbonyl (C=O) groups excluding carboxylic acids is 2. The van der Waals surface area contributed by atoms with Crippen molar-refractivity contribution in [2.75, 3.05) is 33.3 Å². The number of hydrogen-bond acceptors (Lipinski definition) is 4. The highest BCUT2D eigenvalue weighted by Crippen LogP contribution is 2.34. The molecule has 0 aliphatic carbocycles. The van der Waals surface area contributed by atoms with Gasteiger partial charge in [0.2, 0.25) is 0 Å². The topological polar surface area (TPSA) is 59.1 Å². The minimum atomic E-state index is -0.571. The van der Waals surface area contributed by atoms with Gasteiger partial charge in [-0.1, -0.05) is 11.6 Å². The zero-order valence-electron chi connectivity index (χ0n) is 13.3. The van der Waals surface area contributed by atoms with Crippen molar-refractivity contribution in [1.82, 2.24) is 9.80 Å². The molecule has 0 unspecified atom stereocenters. The maximum absolute atomic E-state index is 12.8. The molecule has 3 aliphatic heterocycles. The molecule has 24 heavy (non-hydrogen) atoms. The van der Waals surface area contributed by atoms with Crippen LogP contribution in [0.2, 0.25) is 5.02 Å². The van der Waals surface area contributed by atoms with Crippen molar-refractivity contribution in [1.29, 1.82) is 0 Å². The molecule has 2 amide bonds. The van der Waals surface area contributed by atoms with Crippen LogP contribution in [0.25, 0.3) is 6.08 Å². The number of amides is 2. The molecule has 1 aromatic rings. The molecule has 1 spiro atoms. The summed E-state index contributed by atoms with van der Waals surface area (Å²) in [6, 6.07) is 5.34. The van der Waals surface area contributed by atoms with Gasteiger partial charge in [-0.15, -0.1) is 0 Å². The third kappa shape index (κ3) is 2.51. The van der Waals surface area contributed by atoms with Gasteiger partial charge in [-0.2, -0.15) is 0 Å². The molecule has 1 aromatic carbocycles. The summed E-state index contributed by atoms with van der Waals surface area (Å²) in [5, 5.41) is 0.600. The van der Waals surface area contributed by atoms with E-state index in [1.807, 2.05) is 6.08 Å². The molecular formula is C17H17ClN2O4. The van der Waals surface area contributed by atoms with E-state index in [4.69, 9.17) is 21.1 Å². The summed E-state index contributed by atoms with van der Waals surface area (Å²) in [6.07, 6.45) is 2.16. The molecule has 3 aliphatic rings. The fourth-order valence-corrected chi connectivity index (χ4v) is 3.68. The summed E-state index contributed by atoms with van der Waals surface area (Å²) in [4.78, 5) is 27.7. The highest BCUT2D eigenvalue weighted by atomic mass is 35.5. The quantitative estimate of drug-likeness (QED) is 0.780. The predicted molar refractivity (Wildman–Crippen MR) is 88.0 cm³/mol. The molecule has 2 saturated heterocycles. The summed E-state index contributed by atoms with van der Waals surface area (Å²) >= 11 is 6.01. The zero-order chi connectivity index (χ0) is 16.9. The minimum absolute atomic E-state index is 0.0805. The van der Waals surface area contributed by atoms with Crippen molar-refractivity contribution < 1.29 is 19.1 Å². The Bertz CT molecular complexity index is 763. The lowest BCUT2D eigenvalue weighted by Crippen LogP contribution is -2.40. The highest BCUT2D eigenvalue weighted by Gasteiger charge is 2.49. The summed E-state index contributed by atoms with van der Waals surface area (Å²) in [5.74, 6) is 0.642. The summed E-state index contributed by atoms with van der Waals surface area (Å²) < 4.78 is 11.1. The van der Waals surface area contributed by atoms with E-state index in [1.165, 1.54) is 0 Å². The van der Waals surface area contributed by atoms with Gasteiger partial charge in [0.25, 0.3) is 5.91 Å². The van der Waals surface area contributed by atoms with E-state index in [2.05, 4.69) is 0 Å². The average molecular weight is 349 g/mol. The van der Waals surface area contributed by atoms with Crippen molar-refractivity contribution in [2.45, 2.75) is 12.0 Å². The normalized spacial score (nSPS) is 25.4. The lowest BCUT2D eigenvalue weighted by molar-refractivity contribution is -0.127. The first-order chi connectivity index (χ1) is 11.5. The Hall–Kier alpha value is -2.21. The van der Waals surface area contributed by atoms with E-state index >= 15 is 0 Å². The van der Waals surface area contributed by atoms with Crippen LogP contribution in [0.4, 0.5) is 4.79 Å². The average Bonchev–Trinajstić information content (AvgIpc) is 3.09. The van der Waals surface area contributed by atoms with Crippen LogP contribution < -0.4 is 4.74 Å². The van der Waals surface area contributed by atoms with E-state index in [9.17, 15) is 9.59 Å². The first-order valence-electron chi connectivity index (χ1n) is 7.82. The number of likely N-dealkylation sites (tertiary alicyclic amines) is 1. The molecule has 0 saturated carbocycles. The second kappa shape index (κ2) is 5.41. The van der Waals surface area contributed by atoms with Crippen molar-refractivity contribution in [3.05, 3.63) is 34.4 Å². The maximum atomic E-state index is 12.8. The molecule has 2 fully saturated rings. The van der Waals surface area contributed by atoms with Gasteiger partial charge in [-0.25, -0.2) is 4.79 Å². The standard InChI is InChI=1S/C17H17ClN2O4/c1-19-9-17(24-16(19)22)4-5-20(10-17)15(21)12-6-11-7-13(18)2-3-14(11)23-8-12/h2-3,6-7H,4-5,8-10H2,1H3/t17-/m1/s1. The second-order valence-electron chi connectivity index (χ2n) is 6.52. The second-order valence-corrected chi connectivity index (χ2v) is 6.96. The van der Waals surface area contributed by atoms with Crippen LogP contribution in [0, 0.1) is 0 Å². The fraction of sp³-hybridized carbons (Fsp3) is 0.412. The summed E-state index contributed by atoms with van der Waals surface area (Å²) in [7, 11) is 1.71. The van der Waals surface area contributed by atoms with Crippen LogP contribution in [-0.2, 0) is 9.53 Å². The van der Waals surface area contributed by atoms with Gasteiger partial charge < -0.3 is 19.3 Å². The number of hydrogen-bond donors (Lipinski definition) is 0. The molecule has 126 valence electrons. The number of ether oxygens (including phenoxy) is 2. The predicted octanol–water partition coefficient (Wildman–Crippen LogP) is 2.17. The zero-order valence-corrected chi connectivity index (χ0v) is 14.0. The van der Waals surface area contributed by atoms with Gasteiger partial charge in [0.1, 0.15) is 12.4 Å². The first kappa shape index (κ1) is 15.3. The Balaban J connectivity index is 1.52. The third-order valence-electron chi connectivity index (χ3n) is 4.70. The van der Waals surface area contributed by atoms with Crippen LogP contribution in [0.3, 0.4) is 0 Å². The Morgan fingerprint density at radius 3 is 2.92 bits per heavy atom. The minimum Gasteiger partial charge on any atom is -0.488 e. The van der Waals surface area contributed by atoms with Crippen LogP contribution in [0.5, 0.6) is 5.75 Å². The Morgan fingerprint density at radius 1 is 1.33 bits per heavy atom. The third-order valence-corrected chi connectivity index (χ3v) is 4.94. The number of carbonyl (C=O) groups is 2. The van der Waals surface area contributed by atoms with E-state index in [1.54, 1.807) is 35.0 Å². The maximum Gasteiger partial charge on any atom is 0.410 e. The number of rotatable bonds is 1. The summed E-state index contributed by atoms with van der Waals surface area (Å²) in [5.41, 5.74) is 0.816. The SMILES string of the molecule is CN1C[C@@]2(CCN(C(=O)C3=Cc4cc(Cl)ccc4OC3)C2)OC1=O. The molecular weight excluding hydrogens is 332 g/mol. The lowest BCUT2D eigenvalue weighted by atomic mass is 10.0. The first-order valence-corrected chi connectivity index (χ1v) is 8.20. The molecule has 6 nitrogen and oxygen atoms in total. The molecule has 7 heteroatoms. The molecule has 3 heterocycles. The number of benzene rings is 1.